The molecule has 2 heterocycles. The number of piperidine rings is 1. The Morgan fingerprint density at radius 1 is 1.17 bits per heavy atom. The van der Waals surface area contributed by atoms with Crippen LogP contribution in [0.3, 0.4) is 0 Å². The van der Waals surface area contributed by atoms with Crippen molar-refractivity contribution in [1.82, 2.24) is 25.5 Å². The van der Waals surface area contributed by atoms with Gasteiger partial charge in [0.05, 0.1) is 0 Å². The summed E-state index contributed by atoms with van der Waals surface area (Å²) in [5, 5.41) is 13.0. The summed E-state index contributed by atoms with van der Waals surface area (Å²) < 4.78 is 0. The van der Waals surface area contributed by atoms with E-state index in [2.05, 4.69) is 32.4 Å². The molecule has 1 aromatic rings. The summed E-state index contributed by atoms with van der Waals surface area (Å²) in [7, 11) is 0. The molecule has 0 atom stereocenters. The van der Waals surface area contributed by atoms with Crippen molar-refractivity contribution >= 4 is 35.1 Å². The Morgan fingerprint density at radius 3 is 2.60 bits per heavy atom. The minimum Gasteiger partial charge on any atom is -0.382 e. The van der Waals surface area contributed by atoms with Crippen LogP contribution in [-0.4, -0.2) is 52.9 Å². The van der Waals surface area contributed by atoms with Crippen LogP contribution in [-0.2, 0) is 0 Å². The molecule has 0 aliphatic carbocycles. The zero-order valence-electron chi connectivity index (χ0n) is 17.8. The van der Waals surface area contributed by atoms with Gasteiger partial charge in [0.2, 0.25) is 0 Å². The fraction of sp³-hybridized carbons (Fsp3) is 0.700. The quantitative estimate of drug-likeness (QED) is 0.214. The van der Waals surface area contributed by atoms with E-state index in [0.717, 1.165) is 25.3 Å². The van der Waals surface area contributed by atoms with Crippen molar-refractivity contribution in [3.05, 3.63) is 10.8 Å². The molecule has 168 valence electrons. The van der Waals surface area contributed by atoms with Gasteiger partial charge in [-0.25, -0.2) is 9.97 Å². The summed E-state index contributed by atoms with van der Waals surface area (Å²) in [5.41, 5.74) is 11.0. The largest absolute Gasteiger partial charge is 0.382 e. The van der Waals surface area contributed by atoms with Crippen LogP contribution in [0.5, 0.6) is 0 Å². The summed E-state index contributed by atoms with van der Waals surface area (Å²) in [5.74, 6) is -0.0209. The molecule has 1 aliphatic heterocycles. The molecule has 1 saturated heterocycles. The molecule has 0 spiro atoms. The highest BCUT2D eigenvalue weighted by molar-refractivity contribution is 6.31. The van der Waals surface area contributed by atoms with E-state index < -0.39 is 5.91 Å². The van der Waals surface area contributed by atoms with E-state index in [0.29, 0.717) is 6.54 Å². The number of likely N-dealkylation sites (tertiary alicyclic amines) is 1. The molecular formula is C20H35ClN8O. The number of nitrogens with zero attached hydrogens (tertiary/aromatic N) is 3. The molecule has 1 amide bonds. The Labute approximate surface area is 183 Å². The highest BCUT2D eigenvalue weighted by Gasteiger charge is 2.19. The van der Waals surface area contributed by atoms with Crippen LogP contribution in [0.4, 0.5) is 11.6 Å². The number of halogens is 1. The van der Waals surface area contributed by atoms with E-state index in [1.807, 2.05) is 0 Å². The minimum absolute atomic E-state index is 0.0420. The molecule has 0 unspecified atom stereocenters. The molecule has 9 nitrogen and oxygen atoms in total. The number of rotatable bonds is 10. The lowest BCUT2D eigenvalue weighted by Gasteiger charge is -2.32. The Balaban J connectivity index is 1.57. The number of nitrogens with one attached hydrogen (secondary N) is 3. The van der Waals surface area contributed by atoms with Gasteiger partial charge in [0.25, 0.3) is 5.91 Å². The topological polar surface area (TPSA) is 146 Å². The van der Waals surface area contributed by atoms with E-state index >= 15 is 0 Å². The summed E-state index contributed by atoms with van der Waals surface area (Å²) in [6.07, 6.45) is 10.0. The van der Waals surface area contributed by atoms with E-state index in [-0.39, 0.29) is 28.4 Å². The molecule has 10 heteroatoms. The lowest BCUT2D eigenvalue weighted by atomic mass is 9.91. The molecule has 1 aliphatic rings. The Bertz CT molecular complexity index is 706. The Kier molecular flexibility index (Phi) is 10.1. The third kappa shape index (κ3) is 7.95. The van der Waals surface area contributed by atoms with Gasteiger partial charge in [-0.05, 0) is 51.2 Å². The summed E-state index contributed by atoms with van der Waals surface area (Å²) in [6.45, 7) is 6.34. The number of unbranched alkanes of at least 4 members (excludes halogenated alkanes) is 3. The van der Waals surface area contributed by atoms with Crippen LogP contribution in [0.15, 0.2) is 0 Å². The average Bonchev–Trinajstić information content (AvgIpc) is 2.71. The maximum atomic E-state index is 12.2. The number of nitrogen functional groups attached to an aromatic ring is 2. The van der Waals surface area contributed by atoms with Gasteiger partial charge in [0, 0.05) is 6.54 Å². The van der Waals surface area contributed by atoms with Crippen LogP contribution >= 0.6 is 11.6 Å². The van der Waals surface area contributed by atoms with Crippen molar-refractivity contribution < 1.29 is 4.79 Å². The average molecular weight is 439 g/mol. The predicted molar refractivity (Wildman–Crippen MR) is 122 cm³/mol. The Hall–Kier alpha value is -2.13. The zero-order valence-corrected chi connectivity index (χ0v) is 18.6. The van der Waals surface area contributed by atoms with E-state index in [1.54, 1.807) is 0 Å². The highest BCUT2D eigenvalue weighted by Crippen LogP contribution is 2.23. The number of anilines is 2. The highest BCUT2D eigenvalue weighted by atomic mass is 35.5. The molecule has 30 heavy (non-hydrogen) atoms. The van der Waals surface area contributed by atoms with Crippen molar-refractivity contribution in [1.29, 1.82) is 5.41 Å². The summed E-state index contributed by atoms with van der Waals surface area (Å²) >= 11 is 5.78. The second-order valence-electron chi connectivity index (χ2n) is 7.88. The second-order valence-corrected chi connectivity index (χ2v) is 8.24. The summed E-state index contributed by atoms with van der Waals surface area (Å²) in [4.78, 5) is 22.3. The number of carbonyl (C=O) groups excluding carboxylic acids is 1. The first kappa shape index (κ1) is 24.1. The van der Waals surface area contributed by atoms with E-state index in [1.165, 1.54) is 51.6 Å². The third-order valence-corrected chi connectivity index (χ3v) is 5.76. The monoisotopic (exact) mass is 438 g/mol. The van der Waals surface area contributed by atoms with Crippen LogP contribution in [0.1, 0.15) is 68.8 Å². The molecule has 0 saturated carbocycles. The van der Waals surface area contributed by atoms with Crippen LogP contribution in [0.25, 0.3) is 0 Å². The van der Waals surface area contributed by atoms with Gasteiger partial charge in [-0.2, -0.15) is 0 Å². The number of guanidine groups is 1. The normalized spacial score (nSPS) is 15.1. The Morgan fingerprint density at radius 2 is 1.90 bits per heavy atom. The van der Waals surface area contributed by atoms with Gasteiger partial charge in [0.1, 0.15) is 0 Å². The molecule has 7 N–H and O–H groups in total. The van der Waals surface area contributed by atoms with Gasteiger partial charge in [-0.1, -0.05) is 44.2 Å². The van der Waals surface area contributed by atoms with E-state index in [4.69, 9.17) is 28.5 Å². The maximum absolute atomic E-state index is 12.2. The standard InChI is InChI=1S/C20H35ClN8O/c1-2-3-4-7-14-8-12-29(13-9-14)11-6-5-10-25-20(24)28-19(30)15-17(22)27-18(23)16(21)26-15/h14H,2-13H2,1H3,(H4,22,23,27)(H3,24,25,28,30). The number of amides is 1. The molecule has 0 aromatic carbocycles. The fourth-order valence-corrected chi connectivity index (χ4v) is 3.81. The van der Waals surface area contributed by atoms with Crippen molar-refractivity contribution in [3.63, 3.8) is 0 Å². The van der Waals surface area contributed by atoms with Crippen LogP contribution in [0, 0.1) is 11.3 Å². The molecule has 1 fully saturated rings. The van der Waals surface area contributed by atoms with Gasteiger partial charge in [-0.15, -0.1) is 0 Å². The van der Waals surface area contributed by atoms with Gasteiger partial charge in [0.15, 0.2) is 28.4 Å². The molecule has 1 aromatic heterocycles. The van der Waals surface area contributed by atoms with Gasteiger partial charge < -0.3 is 21.7 Å². The van der Waals surface area contributed by atoms with Gasteiger partial charge in [-0.3, -0.25) is 15.5 Å². The third-order valence-electron chi connectivity index (χ3n) is 5.48. The summed E-state index contributed by atoms with van der Waals surface area (Å²) in [6, 6.07) is 0. The first-order valence-corrected chi connectivity index (χ1v) is 11.2. The first-order valence-electron chi connectivity index (χ1n) is 10.8. The molecule has 0 radical (unpaired) electrons. The van der Waals surface area contributed by atoms with Crippen molar-refractivity contribution in [2.24, 2.45) is 5.92 Å². The zero-order chi connectivity index (χ0) is 21.9. The molecule has 2 rings (SSSR count). The van der Waals surface area contributed by atoms with Crippen molar-refractivity contribution in [2.45, 2.75) is 58.3 Å². The van der Waals surface area contributed by atoms with Crippen LogP contribution < -0.4 is 22.1 Å². The smallest absolute Gasteiger partial charge is 0.280 e. The van der Waals surface area contributed by atoms with Crippen LogP contribution in [0.2, 0.25) is 5.15 Å². The lowest BCUT2D eigenvalue weighted by molar-refractivity contribution is 0.0971. The number of nitrogens with two attached hydrogens (primary N) is 2. The first-order chi connectivity index (χ1) is 14.4. The number of carbonyl (C=O) groups is 1. The van der Waals surface area contributed by atoms with E-state index in [9.17, 15) is 4.79 Å². The second kappa shape index (κ2) is 12.5. The lowest BCUT2D eigenvalue weighted by Crippen LogP contribution is -2.41. The molecular weight excluding hydrogens is 404 g/mol. The maximum Gasteiger partial charge on any atom is 0.280 e. The number of aromatic nitrogens is 2. The van der Waals surface area contributed by atoms with Crippen molar-refractivity contribution in [2.75, 3.05) is 37.6 Å². The fourth-order valence-electron chi connectivity index (χ4n) is 3.68. The van der Waals surface area contributed by atoms with Gasteiger partial charge >= 0.3 is 0 Å². The SMILES string of the molecule is CCCCCC1CCN(CCCCNC(=N)NC(=O)c2nc(Cl)c(N)nc2N)CC1. The molecule has 0 bridgehead atoms. The predicted octanol–water partition coefficient (Wildman–Crippen LogP) is 2.62. The minimum atomic E-state index is -0.652. The number of hydrogen-bond acceptors (Lipinski definition) is 7. The van der Waals surface area contributed by atoms with Crippen molar-refractivity contribution in [3.8, 4) is 0 Å². The number of hydrogen-bond donors (Lipinski definition) is 5.